The molecule has 0 saturated carbocycles. The Morgan fingerprint density at radius 3 is 2.11 bits per heavy atom. The highest BCUT2D eigenvalue weighted by molar-refractivity contribution is 5.90. The quantitative estimate of drug-likeness (QED) is 0.371. The molecule has 144 valence electrons. The van der Waals surface area contributed by atoms with Crippen molar-refractivity contribution in [1.29, 1.82) is 0 Å². The summed E-state index contributed by atoms with van der Waals surface area (Å²) in [6, 6.07) is 17.2. The molecule has 0 unspecified atom stereocenters. The fourth-order valence-electron chi connectivity index (χ4n) is 2.27. The van der Waals surface area contributed by atoms with Crippen molar-refractivity contribution in [3.8, 4) is 11.5 Å². The number of ether oxygens (including phenoxy) is 2. The van der Waals surface area contributed by atoms with Gasteiger partial charge in [-0.05, 0) is 40.5 Å². The van der Waals surface area contributed by atoms with E-state index in [2.05, 4.69) is 9.84 Å². The molecule has 1 aromatic heterocycles. The first-order chi connectivity index (χ1) is 13.4. The molecular formula is C20H15F3N2O3. The normalized spacial score (nSPS) is 11.9. The molecule has 8 heteroatoms. The average molecular weight is 388 g/mol. The van der Waals surface area contributed by atoms with Crippen LogP contribution in [-0.4, -0.2) is 12.3 Å². The third-order valence-corrected chi connectivity index (χ3v) is 3.57. The van der Waals surface area contributed by atoms with Crippen molar-refractivity contribution in [2.45, 2.75) is 13.0 Å². The molecule has 3 rings (SSSR count). The van der Waals surface area contributed by atoms with E-state index in [0.29, 0.717) is 11.3 Å². The number of hydrogen-bond donors (Lipinski definition) is 0. The minimum absolute atomic E-state index is 0.193. The Hall–Kier alpha value is -3.55. The standard InChI is InChI=1S/C20H15F3N2O3/c21-20(22,23)28-18-10-8-17(9-11-18)27-14-15-4-6-16(7-5-15)19(26)24-25-12-2-1-3-13-25/h1-13H,14H2. The van der Waals surface area contributed by atoms with Gasteiger partial charge in [0.1, 0.15) is 18.1 Å². The first-order valence-corrected chi connectivity index (χ1v) is 8.19. The van der Waals surface area contributed by atoms with Crippen LogP contribution in [0.1, 0.15) is 11.1 Å². The van der Waals surface area contributed by atoms with Gasteiger partial charge < -0.3 is 14.6 Å². The second kappa shape index (κ2) is 8.43. The van der Waals surface area contributed by atoms with E-state index in [1.807, 2.05) is 6.07 Å². The third-order valence-electron chi connectivity index (χ3n) is 3.57. The summed E-state index contributed by atoms with van der Waals surface area (Å²) in [5, 5.41) is 16.1. The van der Waals surface area contributed by atoms with Crippen LogP contribution in [0.2, 0.25) is 0 Å². The predicted molar refractivity (Wildman–Crippen MR) is 92.5 cm³/mol. The highest BCUT2D eigenvalue weighted by Gasteiger charge is 2.30. The van der Waals surface area contributed by atoms with Crippen LogP contribution in [0.5, 0.6) is 11.5 Å². The van der Waals surface area contributed by atoms with E-state index in [9.17, 15) is 18.3 Å². The minimum atomic E-state index is -4.73. The van der Waals surface area contributed by atoms with E-state index in [-0.39, 0.29) is 18.3 Å². The van der Waals surface area contributed by atoms with E-state index in [0.717, 1.165) is 5.56 Å². The zero-order chi connectivity index (χ0) is 20.0. The average Bonchev–Trinajstić information content (AvgIpc) is 2.67. The third kappa shape index (κ3) is 5.73. The van der Waals surface area contributed by atoms with Gasteiger partial charge in [-0.15, -0.1) is 13.2 Å². The number of aromatic nitrogens is 1. The molecule has 0 aliphatic rings. The van der Waals surface area contributed by atoms with Crippen LogP contribution >= 0.6 is 0 Å². The van der Waals surface area contributed by atoms with E-state index in [1.54, 1.807) is 48.8 Å². The van der Waals surface area contributed by atoms with Crippen molar-refractivity contribution in [2.24, 2.45) is 5.10 Å². The second-order valence-corrected chi connectivity index (χ2v) is 5.67. The fraction of sp³-hybridized carbons (Fsp3) is 0.100. The number of pyridine rings is 1. The number of hydrogen-bond acceptors (Lipinski definition) is 4. The zero-order valence-electron chi connectivity index (χ0n) is 14.5. The van der Waals surface area contributed by atoms with Crippen LogP contribution in [0.3, 0.4) is 0 Å². The van der Waals surface area contributed by atoms with Crippen LogP contribution in [-0.2, 0) is 6.61 Å². The van der Waals surface area contributed by atoms with E-state index >= 15 is 0 Å². The Bertz CT molecular complexity index is 926. The van der Waals surface area contributed by atoms with Crippen LogP contribution in [0, 0.1) is 0 Å². The van der Waals surface area contributed by atoms with Gasteiger partial charge in [0.25, 0.3) is 0 Å². The summed E-state index contributed by atoms with van der Waals surface area (Å²) < 4.78 is 47.2. The SMILES string of the molecule is [O-]C(=N[n+]1ccccc1)c1ccc(COc2ccc(OC(F)(F)F)cc2)cc1. The van der Waals surface area contributed by atoms with Gasteiger partial charge in [0, 0.05) is 12.1 Å². The van der Waals surface area contributed by atoms with E-state index < -0.39 is 6.36 Å². The zero-order valence-corrected chi connectivity index (χ0v) is 14.5. The molecule has 0 aliphatic carbocycles. The molecule has 0 atom stereocenters. The smallest absolute Gasteiger partial charge is 0.573 e. The number of benzene rings is 2. The van der Waals surface area contributed by atoms with Crippen molar-refractivity contribution in [3.63, 3.8) is 0 Å². The Balaban J connectivity index is 1.58. The van der Waals surface area contributed by atoms with Crippen LogP contribution in [0.25, 0.3) is 0 Å². The molecule has 0 aliphatic heterocycles. The van der Waals surface area contributed by atoms with Gasteiger partial charge in [-0.2, -0.15) is 0 Å². The van der Waals surface area contributed by atoms with Crippen molar-refractivity contribution in [1.82, 2.24) is 0 Å². The van der Waals surface area contributed by atoms with Gasteiger partial charge in [-0.25, -0.2) is 0 Å². The maximum atomic E-state index is 12.1. The fourth-order valence-corrected chi connectivity index (χ4v) is 2.27. The lowest BCUT2D eigenvalue weighted by Gasteiger charge is -2.11. The summed E-state index contributed by atoms with van der Waals surface area (Å²) in [4.78, 5) is 0. The Labute approximate surface area is 158 Å². The molecule has 0 saturated heterocycles. The van der Waals surface area contributed by atoms with Crippen molar-refractivity contribution < 1.29 is 32.4 Å². The summed E-state index contributed by atoms with van der Waals surface area (Å²) in [6.07, 6.45) is -1.41. The molecule has 5 nitrogen and oxygen atoms in total. The van der Waals surface area contributed by atoms with Gasteiger partial charge in [0.2, 0.25) is 12.4 Å². The lowest BCUT2D eigenvalue weighted by molar-refractivity contribution is -0.681. The van der Waals surface area contributed by atoms with Crippen LogP contribution in [0.15, 0.2) is 84.2 Å². The lowest BCUT2D eigenvalue weighted by atomic mass is 10.1. The van der Waals surface area contributed by atoms with Gasteiger partial charge in [-0.3, -0.25) is 0 Å². The molecule has 0 spiro atoms. The minimum Gasteiger partial charge on any atom is -0.854 e. The maximum Gasteiger partial charge on any atom is 0.573 e. The molecule has 2 aromatic carbocycles. The second-order valence-electron chi connectivity index (χ2n) is 5.67. The Morgan fingerprint density at radius 2 is 1.50 bits per heavy atom. The lowest BCUT2D eigenvalue weighted by Crippen LogP contribution is -2.33. The Kier molecular flexibility index (Phi) is 5.78. The topological polar surface area (TPSA) is 57.8 Å². The molecule has 3 aromatic rings. The summed E-state index contributed by atoms with van der Waals surface area (Å²) in [5.41, 5.74) is 1.22. The molecule has 1 heterocycles. The van der Waals surface area contributed by atoms with Gasteiger partial charge in [0.05, 0.1) is 5.90 Å². The van der Waals surface area contributed by atoms with Gasteiger partial charge in [-0.1, -0.05) is 35.0 Å². The largest absolute Gasteiger partial charge is 0.854 e. The monoisotopic (exact) mass is 388 g/mol. The molecule has 0 fully saturated rings. The van der Waals surface area contributed by atoms with Crippen molar-refractivity contribution in [3.05, 3.63) is 90.3 Å². The number of nitrogens with zero attached hydrogens (tertiary/aromatic N) is 2. The highest BCUT2D eigenvalue weighted by Crippen LogP contribution is 2.25. The van der Waals surface area contributed by atoms with Crippen LogP contribution in [0.4, 0.5) is 13.2 Å². The molecule has 0 N–H and O–H groups in total. The first kappa shape index (κ1) is 19.2. The molecule has 0 bridgehead atoms. The number of halogens is 3. The predicted octanol–water partition coefficient (Wildman–Crippen LogP) is 3.02. The number of rotatable bonds is 6. The van der Waals surface area contributed by atoms with Crippen molar-refractivity contribution >= 4 is 5.90 Å². The summed E-state index contributed by atoms with van der Waals surface area (Å²) in [5.74, 6) is -0.308. The van der Waals surface area contributed by atoms with E-state index in [1.165, 1.54) is 28.9 Å². The summed E-state index contributed by atoms with van der Waals surface area (Å²) in [7, 11) is 0. The van der Waals surface area contributed by atoms with Gasteiger partial charge >= 0.3 is 6.36 Å². The number of alkyl halides is 3. The summed E-state index contributed by atoms with van der Waals surface area (Å²) >= 11 is 0. The molecular weight excluding hydrogens is 373 g/mol. The summed E-state index contributed by atoms with van der Waals surface area (Å²) in [6.45, 7) is 0.193. The van der Waals surface area contributed by atoms with Gasteiger partial charge in [0.15, 0.2) is 0 Å². The van der Waals surface area contributed by atoms with E-state index in [4.69, 9.17) is 4.74 Å². The first-order valence-electron chi connectivity index (χ1n) is 8.19. The van der Waals surface area contributed by atoms with Crippen LogP contribution < -0.4 is 19.3 Å². The van der Waals surface area contributed by atoms with Crippen molar-refractivity contribution in [2.75, 3.05) is 0 Å². The Morgan fingerprint density at radius 1 is 0.893 bits per heavy atom. The molecule has 0 amide bonds. The molecule has 28 heavy (non-hydrogen) atoms. The molecule has 0 radical (unpaired) electrons. The maximum absolute atomic E-state index is 12.1. The highest BCUT2D eigenvalue weighted by atomic mass is 19.4.